The van der Waals surface area contributed by atoms with E-state index in [9.17, 15) is 4.39 Å². The van der Waals surface area contributed by atoms with E-state index in [1.165, 1.54) is 12.1 Å². The predicted molar refractivity (Wildman–Crippen MR) is 71.1 cm³/mol. The first kappa shape index (κ1) is 10.3. The highest BCUT2D eigenvalue weighted by Gasteiger charge is 2.11. The molecule has 0 spiro atoms. The average Bonchev–Trinajstić information content (AvgIpc) is 3.04. The second-order valence-corrected chi connectivity index (χ2v) is 4.36. The van der Waals surface area contributed by atoms with Crippen molar-refractivity contribution in [2.45, 2.75) is 0 Å². The fraction of sp³-hybridized carbons (Fsp3) is 0. The van der Waals surface area contributed by atoms with Crippen molar-refractivity contribution in [1.82, 2.24) is 19.9 Å². The van der Waals surface area contributed by atoms with Crippen LogP contribution >= 0.6 is 0 Å². The quantitative estimate of drug-likeness (QED) is 0.546. The zero-order valence-corrected chi connectivity index (χ0v) is 9.81. The van der Waals surface area contributed by atoms with Crippen molar-refractivity contribution in [1.29, 1.82) is 0 Å². The molecule has 4 nitrogen and oxygen atoms in total. The summed E-state index contributed by atoms with van der Waals surface area (Å²) in [6.45, 7) is 0. The van der Waals surface area contributed by atoms with Gasteiger partial charge < -0.3 is 9.97 Å². The molecule has 0 saturated carbocycles. The van der Waals surface area contributed by atoms with Crippen LogP contribution in [-0.4, -0.2) is 19.9 Å². The SMILES string of the molecule is Fc1ccc2c(c1)[nH]c1c(-c3cnc[nH]3)nccc12. The van der Waals surface area contributed by atoms with Gasteiger partial charge in [0, 0.05) is 22.5 Å². The number of imidazole rings is 1. The summed E-state index contributed by atoms with van der Waals surface area (Å²) >= 11 is 0. The van der Waals surface area contributed by atoms with Gasteiger partial charge in [-0.2, -0.15) is 0 Å². The van der Waals surface area contributed by atoms with Crippen LogP contribution in [0, 0.1) is 5.82 Å². The molecule has 3 heterocycles. The number of aromatic nitrogens is 4. The number of nitrogens with one attached hydrogen (secondary N) is 2. The van der Waals surface area contributed by atoms with E-state index in [4.69, 9.17) is 0 Å². The molecule has 0 fully saturated rings. The molecule has 5 heteroatoms. The summed E-state index contributed by atoms with van der Waals surface area (Å²) in [6, 6.07) is 6.66. The Bertz CT molecular complexity index is 877. The van der Waals surface area contributed by atoms with Crippen molar-refractivity contribution >= 4 is 21.8 Å². The number of aromatic amines is 2. The van der Waals surface area contributed by atoms with Gasteiger partial charge in [-0.05, 0) is 24.3 Å². The van der Waals surface area contributed by atoms with Crippen LogP contribution in [0.3, 0.4) is 0 Å². The third-order valence-corrected chi connectivity index (χ3v) is 3.24. The van der Waals surface area contributed by atoms with Crippen molar-refractivity contribution in [3.63, 3.8) is 0 Å². The lowest BCUT2D eigenvalue weighted by Gasteiger charge is -1.98. The molecule has 4 rings (SSSR count). The van der Waals surface area contributed by atoms with Gasteiger partial charge in [0.1, 0.15) is 11.5 Å². The maximum Gasteiger partial charge on any atom is 0.125 e. The van der Waals surface area contributed by atoms with Crippen molar-refractivity contribution < 1.29 is 4.39 Å². The summed E-state index contributed by atoms with van der Waals surface area (Å²) in [5, 5.41) is 2.01. The Morgan fingerprint density at radius 3 is 2.89 bits per heavy atom. The lowest BCUT2D eigenvalue weighted by atomic mass is 10.1. The molecule has 0 saturated heterocycles. The molecule has 0 aliphatic rings. The van der Waals surface area contributed by atoms with Gasteiger partial charge in [-0.15, -0.1) is 0 Å². The zero-order chi connectivity index (χ0) is 12.8. The first-order valence-corrected chi connectivity index (χ1v) is 5.87. The summed E-state index contributed by atoms with van der Waals surface area (Å²) < 4.78 is 13.3. The van der Waals surface area contributed by atoms with Gasteiger partial charge in [0.05, 0.1) is 23.7 Å². The smallest absolute Gasteiger partial charge is 0.125 e. The fourth-order valence-corrected chi connectivity index (χ4v) is 2.39. The molecule has 3 aromatic heterocycles. The van der Waals surface area contributed by atoms with Gasteiger partial charge in [-0.1, -0.05) is 0 Å². The summed E-state index contributed by atoms with van der Waals surface area (Å²) in [7, 11) is 0. The van der Waals surface area contributed by atoms with Crippen molar-refractivity contribution in [3.05, 3.63) is 48.8 Å². The fourth-order valence-electron chi connectivity index (χ4n) is 2.39. The Kier molecular flexibility index (Phi) is 1.97. The van der Waals surface area contributed by atoms with E-state index in [0.29, 0.717) is 0 Å². The number of rotatable bonds is 1. The minimum atomic E-state index is -0.255. The normalized spacial score (nSPS) is 11.4. The van der Waals surface area contributed by atoms with Crippen LogP contribution < -0.4 is 0 Å². The van der Waals surface area contributed by atoms with Gasteiger partial charge >= 0.3 is 0 Å². The number of benzene rings is 1. The molecule has 0 radical (unpaired) electrons. The number of fused-ring (bicyclic) bond motifs is 3. The van der Waals surface area contributed by atoms with E-state index in [1.807, 2.05) is 6.07 Å². The number of hydrogen-bond acceptors (Lipinski definition) is 2. The van der Waals surface area contributed by atoms with Crippen LogP contribution in [0.2, 0.25) is 0 Å². The Morgan fingerprint density at radius 2 is 2.05 bits per heavy atom. The van der Waals surface area contributed by atoms with Gasteiger partial charge in [-0.25, -0.2) is 9.37 Å². The maximum absolute atomic E-state index is 13.3. The van der Waals surface area contributed by atoms with E-state index < -0.39 is 0 Å². The van der Waals surface area contributed by atoms with Crippen LogP contribution in [0.1, 0.15) is 0 Å². The van der Waals surface area contributed by atoms with Crippen LogP contribution in [-0.2, 0) is 0 Å². The molecule has 0 aliphatic carbocycles. The lowest BCUT2D eigenvalue weighted by Crippen LogP contribution is -1.84. The molecule has 19 heavy (non-hydrogen) atoms. The molecule has 92 valence electrons. The predicted octanol–water partition coefficient (Wildman–Crippen LogP) is 3.25. The Hall–Kier alpha value is -2.69. The Morgan fingerprint density at radius 1 is 1.11 bits per heavy atom. The second-order valence-electron chi connectivity index (χ2n) is 4.36. The highest BCUT2D eigenvalue weighted by molar-refractivity contribution is 6.10. The monoisotopic (exact) mass is 252 g/mol. The minimum absolute atomic E-state index is 0.255. The molecular formula is C14H9FN4. The first-order chi connectivity index (χ1) is 9.33. The Balaban J connectivity index is 2.14. The minimum Gasteiger partial charge on any atom is -0.353 e. The number of halogens is 1. The number of H-pyrrole nitrogens is 2. The topological polar surface area (TPSA) is 57.4 Å². The molecule has 0 amide bonds. The molecule has 0 aliphatic heterocycles. The van der Waals surface area contributed by atoms with E-state index in [1.54, 1.807) is 24.8 Å². The van der Waals surface area contributed by atoms with Gasteiger partial charge in [0.2, 0.25) is 0 Å². The lowest BCUT2D eigenvalue weighted by molar-refractivity contribution is 0.629. The highest BCUT2D eigenvalue weighted by atomic mass is 19.1. The van der Waals surface area contributed by atoms with E-state index >= 15 is 0 Å². The van der Waals surface area contributed by atoms with Gasteiger partial charge in [0.25, 0.3) is 0 Å². The molecular weight excluding hydrogens is 243 g/mol. The second kappa shape index (κ2) is 3.65. The standard InChI is InChI=1S/C14H9FN4/c15-8-1-2-9-10-3-4-17-14(12-6-16-7-18-12)13(10)19-11(9)5-8/h1-7,19H,(H,16,18). The maximum atomic E-state index is 13.3. The number of nitrogens with zero attached hydrogens (tertiary/aromatic N) is 2. The molecule has 2 N–H and O–H groups in total. The molecule has 0 unspecified atom stereocenters. The third kappa shape index (κ3) is 1.45. The van der Waals surface area contributed by atoms with Crippen molar-refractivity contribution in [3.8, 4) is 11.4 Å². The molecule has 1 aromatic carbocycles. The highest BCUT2D eigenvalue weighted by Crippen LogP contribution is 2.30. The van der Waals surface area contributed by atoms with Crippen molar-refractivity contribution in [2.75, 3.05) is 0 Å². The Labute approximate surface area is 107 Å². The summed E-state index contributed by atoms with van der Waals surface area (Å²) in [5.41, 5.74) is 3.26. The largest absolute Gasteiger partial charge is 0.353 e. The third-order valence-electron chi connectivity index (χ3n) is 3.24. The zero-order valence-electron chi connectivity index (χ0n) is 9.81. The molecule has 0 atom stereocenters. The van der Waals surface area contributed by atoms with Crippen LogP contribution in [0.5, 0.6) is 0 Å². The molecule has 0 bridgehead atoms. The van der Waals surface area contributed by atoms with Crippen LogP contribution in [0.4, 0.5) is 4.39 Å². The summed E-state index contributed by atoms with van der Waals surface area (Å²) in [5.74, 6) is -0.255. The first-order valence-electron chi connectivity index (χ1n) is 5.87. The summed E-state index contributed by atoms with van der Waals surface area (Å²) in [6.07, 6.45) is 5.07. The van der Waals surface area contributed by atoms with E-state index in [0.717, 1.165) is 33.2 Å². The van der Waals surface area contributed by atoms with E-state index in [-0.39, 0.29) is 5.82 Å². The van der Waals surface area contributed by atoms with E-state index in [2.05, 4.69) is 19.9 Å². The van der Waals surface area contributed by atoms with Crippen molar-refractivity contribution in [2.24, 2.45) is 0 Å². The number of pyridine rings is 1. The van der Waals surface area contributed by atoms with Gasteiger partial charge in [-0.3, -0.25) is 4.98 Å². The average molecular weight is 252 g/mol. The molecule has 4 aromatic rings. The number of hydrogen-bond donors (Lipinski definition) is 2. The van der Waals surface area contributed by atoms with Gasteiger partial charge in [0.15, 0.2) is 0 Å². The summed E-state index contributed by atoms with van der Waals surface area (Å²) in [4.78, 5) is 14.6. The van der Waals surface area contributed by atoms with Crippen LogP contribution in [0.15, 0.2) is 43.0 Å². The van der Waals surface area contributed by atoms with Crippen LogP contribution in [0.25, 0.3) is 33.2 Å².